The molecule has 8 heteroatoms. The second kappa shape index (κ2) is 7.62. The van der Waals surface area contributed by atoms with Crippen LogP contribution in [0.5, 0.6) is 0 Å². The number of halogens is 1. The first kappa shape index (κ1) is 17.4. The predicted molar refractivity (Wildman–Crippen MR) is 98.2 cm³/mol. The van der Waals surface area contributed by atoms with Crippen LogP contribution < -0.4 is 10.2 Å². The molecule has 0 saturated carbocycles. The van der Waals surface area contributed by atoms with E-state index < -0.39 is 4.92 Å². The van der Waals surface area contributed by atoms with Crippen molar-refractivity contribution in [1.82, 2.24) is 0 Å². The Labute approximate surface area is 152 Å². The van der Waals surface area contributed by atoms with E-state index in [1.807, 2.05) is 4.90 Å². The van der Waals surface area contributed by atoms with Crippen LogP contribution in [-0.2, 0) is 4.74 Å². The smallest absolute Gasteiger partial charge is 0.294 e. The maximum absolute atomic E-state index is 12.3. The molecule has 130 valence electrons. The van der Waals surface area contributed by atoms with Gasteiger partial charge in [0.15, 0.2) is 0 Å². The number of hydrogen-bond donors (Lipinski definition) is 1. The van der Waals surface area contributed by atoms with E-state index in [0.717, 1.165) is 4.47 Å². The molecule has 7 nitrogen and oxygen atoms in total. The number of carbonyl (C=O) groups excluding carboxylic acids is 1. The molecule has 0 spiro atoms. The lowest BCUT2D eigenvalue weighted by atomic mass is 10.2. The van der Waals surface area contributed by atoms with Crippen molar-refractivity contribution in [3.05, 3.63) is 62.6 Å². The maximum atomic E-state index is 12.3. The topological polar surface area (TPSA) is 84.7 Å². The van der Waals surface area contributed by atoms with Crippen LogP contribution in [0.2, 0.25) is 0 Å². The van der Waals surface area contributed by atoms with Gasteiger partial charge in [0.25, 0.3) is 11.6 Å². The van der Waals surface area contributed by atoms with Crippen molar-refractivity contribution in [2.45, 2.75) is 0 Å². The lowest BCUT2D eigenvalue weighted by molar-refractivity contribution is -0.384. The van der Waals surface area contributed by atoms with Gasteiger partial charge < -0.3 is 15.0 Å². The van der Waals surface area contributed by atoms with Gasteiger partial charge in [-0.3, -0.25) is 14.9 Å². The largest absolute Gasteiger partial charge is 0.378 e. The Morgan fingerprint density at radius 2 is 1.84 bits per heavy atom. The highest BCUT2D eigenvalue weighted by molar-refractivity contribution is 9.10. The van der Waals surface area contributed by atoms with Crippen LogP contribution in [-0.4, -0.2) is 37.1 Å². The Hall–Kier alpha value is -2.45. The molecule has 0 radical (unpaired) electrons. The number of ether oxygens (including phenoxy) is 1. The minimum absolute atomic E-state index is 0.0319. The molecule has 1 saturated heterocycles. The standard InChI is InChI=1S/C17H16BrN3O4/c18-13-3-1-12(2-4-13)17(22)19-14-5-6-15(16(11-14)21(23)24)20-7-9-25-10-8-20/h1-6,11H,7-10H2,(H,19,22). The summed E-state index contributed by atoms with van der Waals surface area (Å²) in [5, 5.41) is 14.1. The Balaban J connectivity index is 1.82. The van der Waals surface area contributed by atoms with Crippen molar-refractivity contribution in [2.75, 3.05) is 36.5 Å². The van der Waals surface area contributed by atoms with Crippen molar-refractivity contribution in [3.8, 4) is 0 Å². The summed E-state index contributed by atoms with van der Waals surface area (Å²) in [6, 6.07) is 11.6. The van der Waals surface area contributed by atoms with Gasteiger partial charge in [-0.25, -0.2) is 0 Å². The molecule has 1 amide bonds. The quantitative estimate of drug-likeness (QED) is 0.621. The zero-order chi connectivity index (χ0) is 17.8. The Bertz CT molecular complexity index is 789. The average molecular weight is 406 g/mol. The van der Waals surface area contributed by atoms with Gasteiger partial charge in [0.2, 0.25) is 0 Å². The third-order valence-corrected chi connectivity index (χ3v) is 4.42. The second-order valence-corrected chi connectivity index (χ2v) is 6.44. The van der Waals surface area contributed by atoms with Crippen LogP contribution >= 0.6 is 15.9 Å². The molecule has 0 bridgehead atoms. The van der Waals surface area contributed by atoms with Crippen LogP contribution in [0.15, 0.2) is 46.9 Å². The molecule has 25 heavy (non-hydrogen) atoms. The minimum Gasteiger partial charge on any atom is -0.378 e. The fourth-order valence-electron chi connectivity index (χ4n) is 2.62. The molecule has 2 aromatic carbocycles. The number of nitrogens with zero attached hydrogens (tertiary/aromatic N) is 2. The second-order valence-electron chi connectivity index (χ2n) is 5.52. The fraction of sp³-hybridized carbons (Fsp3) is 0.235. The first-order chi connectivity index (χ1) is 12.0. The van der Waals surface area contributed by atoms with E-state index in [-0.39, 0.29) is 11.6 Å². The summed E-state index contributed by atoms with van der Waals surface area (Å²) in [4.78, 5) is 25.2. The van der Waals surface area contributed by atoms with Gasteiger partial charge in [-0.1, -0.05) is 15.9 Å². The summed E-state index contributed by atoms with van der Waals surface area (Å²) in [6.45, 7) is 2.29. The molecule has 0 unspecified atom stereocenters. The normalized spacial score (nSPS) is 14.2. The molecular formula is C17H16BrN3O4. The molecule has 1 aliphatic rings. The van der Waals surface area contributed by atoms with Crippen molar-refractivity contribution < 1.29 is 14.5 Å². The van der Waals surface area contributed by atoms with Crippen molar-refractivity contribution in [1.29, 1.82) is 0 Å². The molecule has 0 aromatic heterocycles. The van der Waals surface area contributed by atoms with Crippen molar-refractivity contribution >= 4 is 38.9 Å². The minimum atomic E-state index is -0.430. The third kappa shape index (κ3) is 4.15. The number of nitro groups is 1. The van der Waals surface area contributed by atoms with E-state index in [4.69, 9.17) is 4.74 Å². The number of hydrogen-bond acceptors (Lipinski definition) is 5. The van der Waals surface area contributed by atoms with E-state index in [0.29, 0.717) is 43.2 Å². The Morgan fingerprint density at radius 3 is 2.48 bits per heavy atom. The van der Waals surface area contributed by atoms with Gasteiger partial charge >= 0.3 is 0 Å². The highest BCUT2D eigenvalue weighted by atomic mass is 79.9. The number of rotatable bonds is 4. The molecule has 1 heterocycles. The van der Waals surface area contributed by atoms with Crippen LogP contribution in [0.1, 0.15) is 10.4 Å². The molecule has 1 fully saturated rings. The van der Waals surface area contributed by atoms with Gasteiger partial charge in [0.05, 0.1) is 18.1 Å². The Kier molecular flexibility index (Phi) is 5.30. The number of nitrogens with one attached hydrogen (secondary N) is 1. The molecule has 0 aliphatic carbocycles. The average Bonchev–Trinajstić information content (AvgIpc) is 2.63. The number of morpholine rings is 1. The van der Waals surface area contributed by atoms with Crippen LogP contribution in [0.25, 0.3) is 0 Å². The van der Waals surface area contributed by atoms with Crippen LogP contribution in [0, 0.1) is 10.1 Å². The van der Waals surface area contributed by atoms with E-state index >= 15 is 0 Å². The zero-order valence-electron chi connectivity index (χ0n) is 13.3. The predicted octanol–water partition coefficient (Wildman–Crippen LogP) is 3.45. The highest BCUT2D eigenvalue weighted by Gasteiger charge is 2.22. The fourth-order valence-corrected chi connectivity index (χ4v) is 2.89. The summed E-state index contributed by atoms with van der Waals surface area (Å²) in [7, 11) is 0. The molecular weight excluding hydrogens is 390 g/mol. The third-order valence-electron chi connectivity index (χ3n) is 3.89. The number of benzene rings is 2. The molecule has 2 aromatic rings. The van der Waals surface area contributed by atoms with Gasteiger partial charge in [-0.15, -0.1) is 0 Å². The number of nitro benzene ring substituents is 1. The summed E-state index contributed by atoms with van der Waals surface area (Å²) >= 11 is 3.31. The van der Waals surface area contributed by atoms with Gasteiger partial charge in [0.1, 0.15) is 5.69 Å². The summed E-state index contributed by atoms with van der Waals surface area (Å²) in [6.07, 6.45) is 0. The van der Waals surface area contributed by atoms with Gasteiger partial charge in [-0.2, -0.15) is 0 Å². The van der Waals surface area contributed by atoms with Crippen LogP contribution in [0.4, 0.5) is 17.1 Å². The number of anilines is 2. The van der Waals surface area contributed by atoms with E-state index in [9.17, 15) is 14.9 Å². The summed E-state index contributed by atoms with van der Waals surface area (Å²) < 4.78 is 6.15. The summed E-state index contributed by atoms with van der Waals surface area (Å²) in [5.74, 6) is -0.319. The van der Waals surface area contributed by atoms with Crippen LogP contribution in [0.3, 0.4) is 0 Å². The van der Waals surface area contributed by atoms with E-state index in [1.54, 1.807) is 36.4 Å². The van der Waals surface area contributed by atoms with E-state index in [2.05, 4.69) is 21.2 Å². The molecule has 1 N–H and O–H groups in total. The maximum Gasteiger partial charge on any atom is 0.294 e. The van der Waals surface area contributed by atoms with Gasteiger partial charge in [-0.05, 0) is 36.4 Å². The lowest BCUT2D eigenvalue weighted by Gasteiger charge is -2.28. The lowest BCUT2D eigenvalue weighted by Crippen LogP contribution is -2.36. The summed E-state index contributed by atoms with van der Waals surface area (Å²) in [5.41, 5.74) is 1.37. The number of amides is 1. The zero-order valence-corrected chi connectivity index (χ0v) is 14.9. The molecule has 1 aliphatic heterocycles. The van der Waals surface area contributed by atoms with E-state index in [1.165, 1.54) is 6.07 Å². The first-order valence-corrected chi connectivity index (χ1v) is 8.52. The molecule has 3 rings (SSSR count). The van der Waals surface area contributed by atoms with Crippen molar-refractivity contribution in [3.63, 3.8) is 0 Å². The highest BCUT2D eigenvalue weighted by Crippen LogP contribution is 2.31. The molecule has 0 atom stereocenters. The van der Waals surface area contributed by atoms with Gasteiger partial charge in [0, 0.05) is 34.9 Å². The Morgan fingerprint density at radius 1 is 1.16 bits per heavy atom. The number of carbonyl (C=O) groups is 1. The first-order valence-electron chi connectivity index (χ1n) is 7.72. The SMILES string of the molecule is O=C(Nc1ccc(N2CCOCC2)c([N+](=O)[O-])c1)c1ccc(Br)cc1. The monoisotopic (exact) mass is 405 g/mol. The van der Waals surface area contributed by atoms with Crippen molar-refractivity contribution in [2.24, 2.45) is 0 Å².